The first kappa shape index (κ1) is 11.1. The number of hydrogen-bond acceptors (Lipinski definition) is 5. The van der Waals surface area contributed by atoms with Crippen LogP contribution in [0.5, 0.6) is 23.0 Å². The van der Waals surface area contributed by atoms with E-state index < -0.39 is 11.6 Å². The first-order valence-electron chi connectivity index (χ1n) is 9.02. The Morgan fingerprint density at radius 1 is 0.880 bits per heavy atom. The van der Waals surface area contributed by atoms with Crippen molar-refractivity contribution in [2.24, 2.45) is 0 Å². The lowest BCUT2D eigenvalue weighted by Crippen LogP contribution is -2.32. The Morgan fingerprint density at radius 3 is 2.16 bits per heavy atom. The molecule has 1 spiro atoms. The van der Waals surface area contributed by atoms with Crippen LogP contribution in [0.1, 0.15) is 31.2 Å². The van der Waals surface area contributed by atoms with Crippen LogP contribution in [-0.4, -0.2) is 16.2 Å². The molecule has 0 unspecified atom stereocenters. The van der Waals surface area contributed by atoms with Crippen molar-refractivity contribution >= 4 is 5.97 Å². The number of carbonyl (C=O) groups is 1. The number of esters is 1. The van der Waals surface area contributed by atoms with Gasteiger partial charge in [-0.05, 0) is 30.3 Å². The SMILES string of the molecule is [3H]c1cc2c(c([3H])c1[3H])C(=O)OC21c2ccc(O)cc2Oc2cc(O)ccc21. The fraction of sp³-hybridized carbons (Fsp3) is 0.0500. The predicted octanol–water partition coefficient (Wildman–Crippen LogP) is 3.67. The lowest BCUT2D eigenvalue weighted by Gasteiger charge is -2.36. The number of phenols is 2. The van der Waals surface area contributed by atoms with Crippen molar-refractivity contribution in [2.45, 2.75) is 5.60 Å². The Balaban J connectivity index is 1.94. The zero-order chi connectivity index (χ0) is 19.8. The summed E-state index contributed by atoms with van der Waals surface area (Å²) < 4.78 is 35.7. The lowest BCUT2D eigenvalue weighted by molar-refractivity contribution is 0.0224. The van der Waals surface area contributed by atoms with E-state index in [-0.39, 0.29) is 52.3 Å². The minimum absolute atomic E-state index is 0.0640. The zero-order valence-electron chi connectivity index (χ0n) is 15.7. The molecule has 2 N–H and O–H groups in total. The van der Waals surface area contributed by atoms with E-state index >= 15 is 0 Å². The standard InChI is InChI=1S/C20H12O5/c21-11-5-7-15-17(9-11)24-18-10-12(22)6-8-16(18)20(15)14-4-2-1-3-13(14)19(23)25-20/h1-10,21-22H/i1T,2T,3T. The van der Waals surface area contributed by atoms with Crippen molar-refractivity contribution in [3.63, 3.8) is 0 Å². The highest BCUT2D eigenvalue weighted by Crippen LogP contribution is 2.56. The van der Waals surface area contributed by atoms with Gasteiger partial charge in [-0.3, -0.25) is 0 Å². The van der Waals surface area contributed by atoms with Gasteiger partial charge < -0.3 is 19.7 Å². The molecule has 122 valence electrons. The minimum Gasteiger partial charge on any atom is -0.508 e. The molecule has 0 amide bonds. The minimum atomic E-state index is -1.52. The van der Waals surface area contributed by atoms with E-state index in [1.807, 2.05) is 0 Å². The van der Waals surface area contributed by atoms with E-state index in [2.05, 4.69) is 0 Å². The highest BCUT2D eigenvalue weighted by Gasteiger charge is 2.53. The molecule has 5 nitrogen and oxygen atoms in total. The fourth-order valence-electron chi connectivity index (χ4n) is 3.47. The molecular weight excluding hydrogens is 320 g/mol. The van der Waals surface area contributed by atoms with E-state index in [4.69, 9.17) is 13.6 Å². The molecule has 25 heavy (non-hydrogen) atoms. The van der Waals surface area contributed by atoms with Crippen LogP contribution in [0.4, 0.5) is 0 Å². The number of hydrogen-bond donors (Lipinski definition) is 2. The van der Waals surface area contributed by atoms with Gasteiger partial charge in [-0.15, -0.1) is 0 Å². The molecule has 0 radical (unpaired) electrons. The van der Waals surface area contributed by atoms with Crippen molar-refractivity contribution in [2.75, 3.05) is 0 Å². The largest absolute Gasteiger partial charge is 0.508 e. The van der Waals surface area contributed by atoms with E-state index in [0.717, 1.165) is 0 Å². The molecule has 5 heteroatoms. The highest BCUT2D eigenvalue weighted by molar-refractivity contribution is 5.97. The van der Waals surface area contributed by atoms with Crippen LogP contribution in [0.15, 0.2) is 60.6 Å². The lowest BCUT2D eigenvalue weighted by atomic mass is 9.77. The summed E-state index contributed by atoms with van der Waals surface area (Å²) in [5, 5.41) is 19.7. The van der Waals surface area contributed by atoms with E-state index in [1.54, 1.807) is 12.1 Å². The van der Waals surface area contributed by atoms with Gasteiger partial charge in [0.1, 0.15) is 23.0 Å². The number of ether oxygens (including phenoxy) is 2. The summed E-state index contributed by atoms with van der Waals surface area (Å²) in [5.74, 6) is -0.483. The van der Waals surface area contributed by atoms with Crippen LogP contribution < -0.4 is 4.74 Å². The molecule has 0 saturated carbocycles. The van der Waals surface area contributed by atoms with Crippen molar-refractivity contribution in [3.05, 3.63) is 82.8 Å². The predicted molar refractivity (Wildman–Crippen MR) is 88.0 cm³/mol. The maximum atomic E-state index is 12.8. The molecule has 0 aliphatic carbocycles. The third-order valence-corrected chi connectivity index (χ3v) is 4.48. The Kier molecular flexibility index (Phi) is 2.02. The van der Waals surface area contributed by atoms with Crippen LogP contribution in [0.25, 0.3) is 0 Å². The number of aromatic hydroxyl groups is 2. The number of fused-ring (bicyclic) bond motifs is 6. The summed E-state index contributed by atoms with van der Waals surface area (Å²) in [7, 11) is 0. The second kappa shape index (κ2) is 4.54. The molecule has 3 aromatic carbocycles. The smallest absolute Gasteiger partial charge is 0.340 e. The normalized spacial score (nSPS) is 17.4. The molecular formula is C20H12O5. The average Bonchev–Trinajstić information content (AvgIpc) is 2.92. The monoisotopic (exact) mass is 338 g/mol. The average molecular weight is 338 g/mol. The summed E-state index contributed by atoms with van der Waals surface area (Å²) in [5.41, 5.74) is -0.526. The summed E-state index contributed by atoms with van der Waals surface area (Å²) in [6.07, 6.45) is 0. The van der Waals surface area contributed by atoms with Crippen molar-refractivity contribution < 1.29 is 28.6 Å². The molecule has 5 rings (SSSR count). The third kappa shape index (κ3) is 1.69. The van der Waals surface area contributed by atoms with E-state index in [9.17, 15) is 15.0 Å². The molecule has 0 fully saturated rings. The number of benzene rings is 3. The fourth-order valence-corrected chi connectivity index (χ4v) is 3.47. The molecule has 2 heterocycles. The summed E-state index contributed by atoms with van der Waals surface area (Å²) >= 11 is 0. The first-order chi connectivity index (χ1) is 13.3. The van der Waals surface area contributed by atoms with Gasteiger partial charge >= 0.3 is 5.97 Å². The Labute approximate surface area is 146 Å². The number of carbonyl (C=O) groups excluding carboxylic acids is 1. The summed E-state index contributed by atoms with van der Waals surface area (Å²) in [6.45, 7) is 0. The van der Waals surface area contributed by atoms with Crippen LogP contribution in [-0.2, 0) is 10.3 Å². The Hall–Kier alpha value is -3.47. The molecule has 0 saturated heterocycles. The van der Waals surface area contributed by atoms with Gasteiger partial charge in [0.2, 0.25) is 0 Å². The van der Waals surface area contributed by atoms with Crippen molar-refractivity contribution in [1.29, 1.82) is 0 Å². The van der Waals surface area contributed by atoms with Crippen molar-refractivity contribution in [3.8, 4) is 23.0 Å². The van der Waals surface area contributed by atoms with Gasteiger partial charge in [-0.2, -0.15) is 0 Å². The highest BCUT2D eigenvalue weighted by atomic mass is 16.6. The molecule has 0 aromatic heterocycles. The molecule has 2 aliphatic rings. The summed E-state index contributed by atoms with van der Waals surface area (Å²) in [6, 6.07) is 9.04. The molecule has 0 atom stereocenters. The quantitative estimate of drug-likeness (QED) is 0.612. The van der Waals surface area contributed by atoms with Crippen LogP contribution in [0, 0.1) is 0 Å². The maximum absolute atomic E-state index is 12.8. The van der Waals surface area contributed by atoms with Gasteiger partial charge in [-0.1, -0.05) is 18.2 Å². The van der Waals surface area contributed by atoms with E-state index in [0.29, 0.717) is 11.1 Å². The maximum Gasteiger partial charge on any atom is 0.340 e. The molecule has 0 bridgehead atoms. The third-order valence-electron chi connectivity index (χ3n) is 4.48. The van der Waals surface area contributed by atoms with Crippen molar-refractivity contribution in [1.82, 2.24) is 0 Å². The van der Waals surface area contributed by atoms with Gasteiger partial charge in [0, 0.05) is 28.8 Å². The zero-order valence-corrected chi connectivity index (χ0v) is 12.7. The Morgan fingerprint density at radius 2 is 1.52 bits per heavy atom. The van der Waals surface area contributed by atoms with E-state index in [1.165, 1.54) is 30.3 Å². The molecule has 3 aromatic rings. The van der Waals surface area contributed by atoms with Crippen LogP contribution >= 0.6 is 0 Å². The van der Waals surface area contributed by atoms with Crippen LogP contribution in [0.3, 0.4) is 0 Å². The van der Waals surface area contributed by atoms with Gasteiger partial charge in [0.05, 0.1) is 9.68 Å². The van der Waals surface area contributed by atoms with Gasteiger partial charge in [-0.25, -0.2) is 4.79 Å². The number of phenolic OH excluding ortho intramolecular Hbond substituents is 2. The molecule has 2 aliphatic heterocycles. The Bertz CT molecular complexity index is 1150. The topological polar surface area (TPSA) is 76.0 Å². The second-order valence-corrected chi connectivity index (χ2v) is 5.86. The first-order valence-corrected chi connectivity index (χ1v) is 7.52. The van der Waals surface area contributed by atoms with Crippen LogP contribution in [0.2, 0.25) is 0 Å². The number of rotatable bonds is 0. The second-order valence-electron chi connectivity index (χ2n) is 5.86. The summed E-state index contributed by atoms with van der Waals surface area (Å²) in [4.78, 5) is 12.8. The van der Waals surface area contributed by atoms with Gasteiger partial charge in [0.25, 0.3) is 0 Å². The van der Waals surface area contributed by atoms with Gasteiger partial charge in [0.15, 0.2) is 5.60 Å².